The van der Waals surface area contributed by atoms with E-state index in [-0.39, 0.29) is 0 Å². The molecule has 0 spiro atoms. The van der Waals surface area contributed by atoms with Crippen molar-refractivity contribution in [1.82, 2.24) is 4.98 Å². The Labute approximate surface area is 132 Å². The number of esters is 1. The second-order valence-electron chi connectivity index (χ2n) is 5.00. The number of halogens is 1. The Morgan fingerprint density at radius 1 is 1.41 bits per heavy atom. The van der Waals surface area contributed by atoms with Crippen molar-refractivity contribution in [1.29, 1.82) is 0 Å². The SMILES string of the molecule is COC(=O)c1cccc([C@H]2C[C@@H](O)c3ccc(Cl)nc3O2)c1. The predicted molar refractivity (Wildman–Crippen MR) is 80.0 cm³/mol. The van der Waals surface area contributed by atoms with Crippen LogP contribution in [0.3, 0.4) is 0 Å². The summed E-state index contributed by atoms with van der Waals surface area (Å²) in [5, 5.41) is 10.6. The first-order valence-corrected chi connectivity index (χ1v) is 7.15. The van der Waals surface area contributed by atoms with E-state index in [0.717, 1.165) is 5.56 Å². The van der Waals surface area contributed by atoms with Gasteiger partial charge >= 0.3 is 5.97 Å². The van der Waals surface area contributed by atoms with Crippen molar-refractivity contribution in [3.8, 4) is 5.88 Å². The fourth-order valence-electron chi connectivity index (χ4n) is 2.48. The number of aliphatic hydroxyl groups excluding tert-OH is 1. The number of hydrogen-bond donors (Lipinski definition) is 1. The maximum Gasteiger partial charge on any atom is 0.337 e. The number of methoxy groups -OCH3 is 1. The molecular formula is C16H14ClNO4. The summed E-state index contributed by atoms with van der Waals surface area (Å²) in [6.07, 6.45) is -0.723. The van der Waals surface area contributed by atoms with Crippen LogP contribution in [0.1, 0.15) is 40.1 Å². The zero-order chi connectivity index (χ0) is 15.7. The normalized spacial score (nSPS) is 20.0. The van der Waals surface area contributed by atoms with Crippen LogP contribution in [0.25, 0.3) is 0 Å². The summed E-state index contributed by atoms with van der Waals surface area (Å²) in [4.78, 5) is 15.7. The van der Waals surface area contributed by atoms with Crippen LogP contribution in [0.2, 0.25) is 5.15 Å². The van der Waals surface area contributed by atoms with E-state index < -0.39 is 18.2 Å². The summed E-state index contributed by atoms with van der Waals surface area (Å²) in [7, 11) is 1.33. The molecule has 0 saturated heterocycles. The van der Waals surface area contributed by atoms with Crippen molar-refractivity contribution in [2.45, 2.75) is 18.6 Å². The molecule has 0 fully saturated rings. The molecule has 0 unspecified atom stereocenters. The highest BCUT2D eigenvalue weighted by Crippen LogP contribution is 2.40. The molecule has 1 aliphatic rings. The minimum Gasteiger partial charge on any atom is -0.469 e. The lowest BCUT2D eigenvalue weighted by molar-refractivity contribution is 0.0594. The van der Waals surface area contributed by atoms with E-state index in [1.807, 2.05) is 6.07 Å². The molecule has 0 aliphatic carbocycles. The Bertz CT molecular complexity index is 719. The quantitative estimate of drug-likeness (QED) is 0.680. The van der Waals surface area contributed by atoms with Crippen molar-refractivity contribution in [2.24, 2.45) is 0 Å². The van der Waals surface area contributed by atoms with Gasteiger partial charge in [0.25, 0.3) is 0 Å². The lowest BCUT2D eigenvalue weighted by atomic mass is 9.95. The maximum atomic E-state index is 11.6. The van der Waals surface area contributed by atoms with Crippen LogP contribution in [0, 0.1) is 0 Å². The summed E-state index contributed by atoms with van der Waals surface area (Å²) >= 11 is 5.87. The van der Waals surface area contributed by atoms with Crippen LogP contribution >= 0.6 is 11.6 Å². The Hall–Kier alpha value is -2.11. The molecular weight excluding hydrogens is 306 g/mol. The van der Waals surface area contributed by atoms with Gasteiger partial charge in [0.2, 0.25) is 5.88 Å². The molecule has 114 valence electrons. The Kier molecular flexibility index (Phi) is 4.00. The maximum absolute atomic E-state index is 11.6. The van der Waals surface area contributed by atoms with Gasteiger partial charge in [-0.3, -0.25) is 0 Å². The number of rotatable bonds is 2. The minimum atomic E-state index is -0.694. The van der Waals surface area contributed by atoms with Gasteiger partial charge in [0.1, 0.15) is 11.3 Å². The van der Waals surface area contributed by atoms with Crippen LogP contribution in [0.4, 0.5) is 0 Å². The van der Waals surface area contributed by atoms with Gasteiger partial charge in [-0.2, -0.15) is 0 Å². The minimum absolute atomic E-state index is 0.301. The number of nitrogens with zero attached hydrogens (tertiary/aromatic N) is 1. The average molecular weight is 320 g/mol. The molecule has 3 rings (SSSR count). The molecule has 1 aromatic carbocycles. The third-order valence-corrected chi connectivity index (χ3v) is 3.80. The average Bonchev–Trinajstić information content (AvgIpc) is 2.53. The second kappa shape index (κ2) is 5.94. The third-order valence-electron chi connectivity index (χ3n) is 3.59. The largest absolute Gasteiger partial charge is 0.469 e. The van der Waals surface area contributed by atoms with Gasteiger partial charge in [-0.25, -0.2) is 9.78 Å². The molecule has 2 heterocycles. The molecule has 1 N–H and O–H groups in total. The molecule has 0 saturated carbocycles. The van der Waals surface area contributed by atoms with Crippen molar-refractivity contribution >= 4 is 17.6 Å². The summed E-state index contributed by atoms with van der Waals surface area (Å²) in [5.41, 5.74) is 1.82. The van der Waals surface area contributed by atoms with E-state index in [0.29, 0.717) is 28.6 Å². The zero-order valence-electron chi connectivity index (χ0n) is 11.8. The number of ether oxygens (including phenoxy) is 2. The van der Waals surface area contributed by atoms with E-state index in [1.54, 1.807) is 30.3 Å². The smallest absolute Gasteiger partial charge is 0.337 e. The molecule has 0 radical (unpaired) electrons. The van der Waals surface area contributed by atoms with Gasteiger partial charge in [0.05, 0.1) is 18.8 Å². The number of hydrogen-bond acceptors (Lipinski definition) is 5. The standard InChI is InChI=1S/C16H14ClNO4/c1-21-16(20)10-4-2-3-9(7-10)13-8-12(19)11-5-6-14(17)18-15(11)22-13/h2-7,12-13,19H,8H2,1H3/t12-,13-/m1/s1. The molecule has 6 heteroatoms. The number of carbonyl (C=O) groups is 1. The molecule has 22 heavy (non-hydrogen) atoms. The number of fused-ring (bicyclic) bond motifs is 1. The van der Waals surface area contributed by atoms with Crippen LogP contribution < -0.4 is 4.74 Å². The molecule has 2 aromatic rings. The summed E-state index contributed by atoms with van der Waals surface area (Å²) < 4.78 is 10.5. The number of aromatic nitrogens is 1. The molecule has 0 amide bonds. The summed E-state index contributed by atoms with van der Waals surface area (Å²) in [5.74, 6) is -0.0977. The Morgan fingerprint density at radius 2 is 2.23 bits per heavy atom. The molecule has 1 aromatic heterocycles. The van der Waals surface area contributed by atoms with Gasteiger partial charge in [0, 0.05) is 12.0 Å². The lowest BCUT2D eigenvalue weighted by Crippen LogP contribution is -2.20. The van der Waals surface area contributed by atoms with E-state index in [9.17, 15) is 9.90 Å². The topological polar surface area (TPSA) is 68.7 Å². The lowest BCUT2D eigenvalue weighted by Gasteiger charge is -2.29. The monoisotopic (exact) mass is 319 g/mol. The number of pyridine rings is 1. The first kappa shape index (κ1) is 14.8. The fraction of sp³-hybridized carbons (Fsp3) is 0.250. The van der Waals surface area contributed by atoms with Crippen LogP contribution in [-0.2, 0) is 4.74 Å². The number of carbonyl (C=O) groups excluding carboxylic acids is 1. The highest BCUT2D eigenvalue weighted by Gasteiger charge is 2.29. The van der Waals surface area contributed by atoms with E-state index in [1.165, 1.54) is 7.11 Å². The van der Waals surface area contributed by atoms with Crippen LogP contribution in [0.15, 0.2) is 36.4 Å². The highest BCUT2D eigenvalue weighted by atomic mass is 35.5. The fourth-order valence-corrected chi connectivity index (χ4v) is 2.62. The molecule has 5 nitrogen and oxygen atoms in total. The first-order valence-electron chi connectivity index (χ1n) is 6.78. The summed E-state index contributed by atoms with van der Waals surface area (Å²) in [6.45, 7) is 0. The van der Waals surface area contributed by atoms with E-state index >= 15 is 0 Å². The number of aliphatic hydroxyl groups is 1. The highest BCUT2D eigenvalue weighted by molar-refractivity contribution is 6.29. The second-order valence-corrected chi connectivity index (χ2v) is 5.39. The first-order chi connectivity index (χ1) is 10.6. The Balaban J connectivity index is 1.92. The predicted octanol–water partition coefficient (Wildman–Crippen LogP) is 3.08. The summed E-state index contributed by atoms with van der Waals surface area (Å²) in [6, 6.07) is 10.3. The molecule has 2 atom stereocenters. The van der Waals surface area contributed by atoms with Gasteiger partial charge in [-0.1, -0.05) is 23.7 Å². The zero-order valence-corrected chi connectivity index (χ0v) is 12.6. The third kappa shape index (κ3) is 2.77. The van der Waals surface area contributed by atoms with Gasteiger partial charge < -0.3 is 14.6 Å². The van der Waals surface area contributed by atoms with Crippen LogP contribution in [0.5, 0.6) is 5.88 Å². The Morgan fingerprint density at radius 3 is 3.00 bits per heavy atom. The van der Waals surface area contributed by atoms with Gasteiger partial charge in [-0.15, -0.1) is 0 Å². The van der Waals surface area contributed by atoms with Crippen LogP contribution in [-0.4, -0.2) is 23.2 Å². The van der Waals surface area contributed by atoms with E-state index in [4.69, 9.17) is 21.1 Å². The van der Waals surface area contributed by atoms with Gasteiger partial charge in [0.15, 0.2) is 0 Å². The number of benzene rings is 1. The van der Waals surface area contributed by atoms with Crippen molar-refractivity contribution in [3.63, 3.8) is 0 Å². The van der Waals surface area contributed by atoms with Crippen molar-refractivity contribution < 1.29 is 19.4 Å². The van der Waals surface area contributed by atoms with E-state index in [2.05, 4.69) is 4.98 Å². The molecule has 1 aliphatic heterocycles. The van der Waals surface area contributed by atoms with Crippen molar-refractivity contribution in [2.75, 3.05) is 7.11 Å². The van der Waals surface area contributed by atoms with Crippen molar-refractivity contribution in [3.05, 3.63) is 58.2 Å². The van der Waals surface area contributed by atoms with Gasteiger partial charge in [-0.05, 0) is 29.8 Å². The molecule has 0 bridgehead atoms.